The number of aromatic nitrogens is 1. The molecule has 0 unspecified atom stereocenters. The predicted molar refractivity (Wildman–Crippen MR) is 63.9 cm³/mol. The molecule has 0 amide bonds. The lowest BCUT2D eigenvalue weighted by Crippen LogP contribution is -2.31. The van der Waals surface area contributed by atoms with Crippen LogP contribution >= 0.6 is 0 Å². The lowest BCUT2D eigenvalue weighted by Gasteiger charge is -2.10. The molecule has 96 valence electrons. The lowest BCUT2D eigenvalue weighted by atomic mass is 10.3. The van der Waals surface area contributed by atoms with E-state index in [9.17, 15) is 8.42 Å². The summed E-state index contributed by atoms with van der Waals surface area (Å²) < 4.78 is 26.0. The molecule has 1 rings (SSSR count). The van der Waals surface area contributed by atoms with Crippen LogP contribution in [0.5, 0.6) is 0 Å². The van der Waals surface area contributed by atoms with Crippen LogP contribution in [0, 0.1) is 0 Å². The molecule has 0 aliphatic heterocycles. The number of hydrogen-bond donors (Lipinski definition) is 2. The van der Waals surface area contributed by atoms with Gasteiger partial charge in [-0.05, 0) is 25.7 Å². The molecular formula is C10H17N3O3S. The van der Waals surface area contributed by atoms with Gasteiger partial charge in [-0.3, -0.25) is 0 Å². The van der Waals surface area contributed by atoms with Gasteiger partial charge in [0.1, 0.15) is 0 Å². The van der Waals surface area contributed by atoms with Crippen molar-refractivity contribution in [2.24, 2.45) is 0 Å². The van der Waals surface area contributed by atoms with Gasteiger partial charge in [-0.2, -0.15) is 0 Å². The molecular weight excluding hydrogens is 242 g/mol. The first-order chi connectivity index (χ1) is 7.95. The maximum atomic E-state index is 11.8. The monoisotopic (exact) mass is 259 g/mol. The molecule has 0 aromatic carbocycles. The molecule has 1 heterocycles. The zero-order chi connectivity index (χ0) is 12.9. The van der Waals surface area contributed by atoms with Gasteiger partial charge in [0.2, 0.25) is 0 Å². The second-order valence-corrected chi connectivity index (χ2v) is 5.58. The molecule has 0 spiro atoms. The molecule has 0 atom stereocenters. The average molecular weight is 259 g/mol. The third-order valence-electron chi connectivity index (χ3n) is 2.11. The van der Waals surface area contributed by atoms with Crippen molar-refractivity contribution >= 4 is 10.0 Å². The van der Waals surface area contributed by atoms with Crippen LogP contribution in [0.3, 0.4) is 0 Å². The van der Waals surface area contributed by atoms with Crippen molar-refractivity contribution in [1.82, 2.24) is 14.6 Å². The molecule has 0 saturated heterocycles. The summed E-state index contributed by atoms with van der Waals surface area (Å²) >= 11 is 0. The highest BCUT2D eigenvalue weighted by atomic mass is 32.2. The first-order valence-corrected chi connectivity index (χ1v) is 6.64. The number of nitrogens with zero attached hydrogens (tertiary/aromatic N) is 2. The fourth-order valence-electron chi connectivity index (χ4n) is 1.14. The van der Waals surface area contributed by atoms with Crippen molar-refractivity contribution in [3.05, 3.63) is 23.9 Å². The Balaban J connectivity index is 2.68. The molecule has 0 aliphatic rings. The molecule has 1 aromatic heterocycles. The normalized spacial score (nSPS) is 12.0. The standard InChI is InChI=1S/C10H17N3O3S/c1-13(2)6-5-12-17(15,16)10-4-3-9(8-14)7-11-10/h3-4,7,12,14H,5-6,8H2,1-2H3. The van der Waals surface area contributed by atoms with Gasteiger partial charge in [-0.1, -0.05) is 6.07 Å². The molecule has 0 aliphatic carbocycles. The van der Waals surface area contributed by atoms with E-state index in [0.29, 0.717) is 18.7 Å². The summed E-state index contributed by atoms with van der Waals surface area (Å²) in [5, 5.41) is 8.79. The van der Waals surface area contributed by atoms with E-state index < -0.39 is 10.0 Å². The minimum absolute atomic E-state index is 0.0338. The summed E-state index contributed by atoms with van der Waals surface area (Å²) in [4.78, 5) is 5.67. The maximum Gasteiger partial charge on any atom is 0.258 e. The molecule has 0 radical (unpaired) electrons. The highest BCUT2D eigenvalue weighted by Gasteiger charge is 2.14. The fraction of sp³-hybridized carbons (Fsp3) is 0.500. The number of rotatable bonds is 6. The van der Waals surface area contributed by atoms with Crippen molar-refractivity contribution in [2.75, 3.05) is 27.2 Å². The minimum Gasteiger partial charge on any atom is -0.392 e. The lowest BCUT2D eigenvalue weighted by molar-refractivity contribution is 0.281. The van der Waals surface area contributed by atoms with Gasteiger partial charge in [0.15, 0.2) is 5.03 Å². The van der Waals surface area contributed by atoms with E-state index in [1.54, 1.807) is 0 Å². The topological polar surface area (TPSA) is 82.5 Å². The highest BCUT2D eigenvalue weighted by molar-refractivity contribution is 7.89. The molecule has 0 bridgehead atoms. The number of hydrogen-bond acceptors (Lipinski definition) is 5. The van der Waals surface area contributed by atoms with Crippen molar-refractivity contribution in [2.45, 2.75) is 11.6 Å². The number of aliphatic hydroxyl groups is 1. The van der Waals surface area contributed by atoms with E-state index in [2.05, 4.69) is 9.71 Å². The number of aliphatic hydroxyl groups excluding tert-OH is 1. The quantitative estimate of drug-likeness (QED) is 0.714. The maximum absolute atomic E-state index is 11.8. The van der Waals surface area contributed by atoms with Crippen molar-refractivity contribution in [3.63, 3.8) is 0 Å². The molecule has 7 heteroatoms. The third kappa shape index (κ3) is 4.39. The number of likely N-dealkylation sites (N-methyl/N-ethyl adjacent to an activating group) is 1. The van der Waals surface area contributed by atoms with Crippen LogP contribution in [0.15, 0.2) is 23.4 Å². The zero-order valence-electron chi connectivity index (χ0n) is 9.92. The minimum atomic E-state index is -3.55. The van der Waals surface area contributed by atoms with Gasteiger partial charge in [0.25, 0.3) is 10.0 Å². The Bertz CT molecular complexity index is 442. The Morgan fingerprint density at radius 3 is 2.59 bits per heavy atom. The number of sulfonamides is 1. The largest absolute Gasteiger partial charge is 0.392 e. The Hall–Kier alpha value is -1.02. The Labute approximate surface area is 101 Å². The third-order valence-corrected chi connectivity index (χ3v) is 3.48. The van der Waals surface area contributed by atoms with Crippen LogP contribution in [-0.2, 0) is 16.6 Å². The van der Waals surface area contributed by atoms with Crippen LogP contribution in [-0.4, -0.2) is 50.6 Å². The van der Waals surface area contributed by atoms with Gasteiger partial charge in [0.05, 0.1) is 6.61 Å². The fourth-order valence-corrected chi connectivity index (χ4v) is 2.09. The van der Waals surface area contributed by atoms with E-state index >= 15 is 0 Å². The Morgan fingerprint density at radius 1 is 1.41 bits per heavy atom. The van der Waals surface area contributed by atoms with E-state index in [-0.39, 0.29) is 11.6 Å². The van der Waals surface area contributed by atoms with Gasteiger partial charge in [-0.15, -0.1) is 0 Å². The summed E-state index contributed by atoms with van der Waals surface area (Å²) in [5.41, 5.74) is 0.581. The van der Waals surface area contributed by atoms with Gasteiger partial charge >= 0.3 is 0 Å². The molecule has 0 fully saturated rings. The average Bonchev–Trinajstić information content (AvgIpc) is 2.28. The molecule has 6 nitrogen and oxygen atoms in total. The van der Waals surface area contributed by atoms with E-state index in [0.717, 1.165) is 0 Å². The second-order valence-electron chi connectivity index (χ2n) is 3.86. The summed E-state index contributed by atoms with van der Waals surface area (Å²) in [6, 6.07) is 2.91. The number of nitrogens with one attached hydrogen (secondary N) is 1. The van der Waals surface area contributed by atoms with Gasteiger partial charge in [-0.25, -0.2) is 18.1 Å². The van der Waals surface area contributed by atoms with E-state index in [4.69, 9.17) is 5.11 Å². The molecule has 2 N–H and O–H groups in total. The Morgan fingerprint density at radius 2 is 2.12 bits per heavy atom. The van der Waals surface area contributed by atoms with E-state index in [1.165, 1.54) is 18.3 Å². The second kappa shape index (κ2) is 6.06. The molecule has 0 saturated carbocycles. The van der Waals surface area contributed by atoms with Crippen LogP contribution in [0.4, 0.5) is 0 Å². The zero-order valence-corrected chi connectivity index (χ0v) is 10.7. The van der Waals surface area contributed by atoms with Gasteiger partial charge in [0, 0.05) is 19.3 Å². The van der Waals surface area contributed by atoms with Crippen LogP contribution in [0.25, 0.3) is 0 Å². The van der Waals surface area contributed by atoms with Crippen molar-refractivity contribution < 1.29 is 13.5 Å². The highest BCUT2D eigenvalue weighted by Crippen LogP contribution is 2.06. The SMILES string of the molecule is CN(C)CCNS(=O)(=O)c1ccc(CO)cn1. The van der Waals surface area contributed by atoms with Crippen molar-refractivity contribution in [3.8, 4) is 0 Å². The Kier molecular flexibility index (Phi) is 5.01. The predicted octanol–water partition coefficient (Wildman–Crippen LogP) is -0.586. The van der Waals surface area contributed by atoms with Gasteiger partial charge < -0.3 is 10.0 Å². The summed E-state index contributed by atoms with van der Waals surface area (Å²) in [6.07, 6.45) is 1.35. The first-order valence-electron chi connectivity index (χ1n) is 5.16. The smallest absolute Gasteiger partial charge is 0.258 e. The first kappa shape index (κ1) is 14.0. The number of pyridine rings is 1. The summed E-state index contributed by atoms with van der Waals surface area (Å²) in [7, 11) is 0.177. The van der Waals surface area contributed by atoms with Crippen molar-refractivity contribution in [1.29, 1.82) is 0 Å². The summed E-state index contributed by atoms with van der Waals surface area (Å²) in [5.74, 6) is 0. The molecule has 1 aromatic rings. The van der Waals surface area contributed by atoms with Crippen LogP contribution in [0.2, 0.25) is 0 Å². The van der Waals surface area contributed by atoms with E-state index in [1.807, 2.05) is 19.0 Å². The summed E-state index contributed by atoms with van der Waals surface area (Å²) in [6.45, 7) is 0.800. The van der Waals surface area contributed by atoms with Crippen LogP contribution in [0.1, 0.15) is 5.56 Å². The molecule has 17 heavy (non-hydrogen) atoms. The van der Waals surface area contributed by atoms with Crippen LogP contribution < -0.4 is 4.72 Å².